The van der Waals surface area contributed by atoms with Crippen LogP contribution in [0.1, 0.15) is 55.0 Å². The molecule has 7 heteroatoms. The van der Waals surface area contributed by atoms with Gasteiger partial charge in [0.15, 0.2) is 0 Å². The van der Waals surface area contributed by atoms with Gasteiger partial charge in [-0.15, -0.1) is 0 Å². The standard InChI is InChI=1S/C19H21F2N3O.C2H5F/c20-19(21)11-4-6-16-13(8-11)18-12(2-1-7-25-18)17(24-16)10-3-5-14(22)15(23)9-10;1-2-3/h3-6,8-9,12,17-19,24H,1-2,7,22-23H2;2H2,1H3/t12?,17-,18?;/m0./s1. The number of ether oxygens (including phenoxy) is 1. The summed E-state index contributed by atoms with van der Waals surface area (Å²) in [6.45, 7) is 1.86. The second-order valence-electron chi connectivity index (χ2n) is 7.02. The molecule has 1 fully saturated rings. The van der Waals surface area contributed by atoms with Crippen molar-refractivity contribution in [1.82, 2.24) is 0 Å². The number of benzene rings is 2. The Kier molecular flexibility index (Phi) is 6.34. The molecule has 0 radical (unpaired) electrons. The minimum absolute atomic E-state index is 0.0121. The Balaban J connectivity index is 0.000000706. The van der Waals surface area contributed by atoms with Crippen molar-refractivity contribution in [3.05, 3.63) is 53.1 Å². The molecule has 0 saturated carbocycles. The molecule has 2 unspecified atom stereocenters. The van der Waals surface area contributed by atoms with Crippen LogP contribution in [-0.2, 0) is 4.74 Å². The second-order valence-corrected chi connectivity index (χ2v) is 7.02. The molecular weight excluding hydrogens is 367 g/mol. The van der Waals surface area contributed by atoms with Crippen LogP contribution in [0, 0.1) is 5.92 Å². The van der Waals surface area contributed by atoms with Crippen LogP contribution in [0.5, 0.6) is 0 Å². The normalized spacial score (nSPS) is 23.1. The van der Waals surface area contributed by atoms with Gasteiger partial charge in [0.05, 0.1) is 30.2 Å². The summed E-state index contributed by atoms with van der Waals surface area (Å²) in [4.78, 5) is 0. The molecule has 4 nitrogen and oxygen atoms in total. The molecular formula is C21H26F3N3O. The summed E-state index contributed by atoms with van der Waals surface area (Å²) < 4.78 is 42.5. The summed E-state index contributed by atoms with van der Waals surface area (Å²) in [5.41, 5.74) is 15.6. The van der Waals surface area contributed by atoms with E-state index in [4.69, 9.17) is 16.2 Å². The minimum atomic E-state index is -2.48. The van der Waals surface area contributed by atoms with Crippen molar-refractivity contribution in [2.24, 2.45) is 5.92 Å². The van der Waals surface area contributed by atoms with Crippen molar-refractivity contribution in [1.29, 1.82) is 0 Å². The van der Waals surface area contributed by atoms with Crippen LogP contribution in [0.15, 0.2) is 36.4 Å². The van der Waals surface area contributed by atoms with E-state index in [0.29, 0.717) is 18.0 Å². The topological polar surface area (TPSA) is 73.3 Å². The molecule has 1 saturated heterocycles. The van der Waals surface area contributed by atoms with Gasteiger partial charge in [-0.1, -0.05) is 12.1 Å². The van der Waals surface area contributed by atoms with E-state index in [1.165, 1.54) is 13.0 Å². The van der Waals surface area contributed by atoms with Crippen LogP contribution in [0.3, 0.4) is 0 Å². The summed E-state index contributed by atoms with van der Waals surface area (Å²) in [7, 11) is 0. The van der Waals surface area contributed by atoms with Crippen molar-refractivity contribution < 1.29 is 17.9 Å². The van der Waals surface area contributed by atoms with Gasteiger partial charge in [-0.3, -0.25) is 4.39 Å². The van der Waals surface area contributed by atoms with Crippen LogP contribution in [-0.4, -0.2) is 13.3 Å². The molecule has 4 rings (SSSR count). The largest absolute Gasteiger partial charge is 0.397 e. The number of rotatable bonds is 2. The van der Waals surface area contributed by atoms with E-state index in [1.807, 2.05) is 12.1 Å². The Morgan fingerprint density at radius 2 is 1.89 bits per heavy atom. The highest BCUT2D eigenvalue weighted by Crippen LogP contribution is 2.50. The van der Waals surface area contributed by atoms with Gasteiger partial charge in [-0.05, 0) is 49.6 Å². The number of nitrogens with one attached hydrogen (secondary N) is 1. The number of halogens is 3. The first-order valence-corrected chi connectivity index (χ1v) is 9.47. The zero-order valence-corrected chi connectivity index (χ0v) is 15.8. The highest BCUT2D eigenvalue weighted by Gasteiger charge is 2.40. The summed E-state index contributed by atoms with van der Waals surface area (Å²) in [5, 5.41) is 3.50. The van der Waals surface area contributed by atoms with E-state index < -0.39 is 6.43 Å². The molecule has 0 aliphatic carbocycles. The first-order chi connectivity index (χ1) is 13.5. The molecule has 5 N–H and O–H groups in total. The molecule has 3 atom stereocenters. The Morgan fingerprint density at radius 1 is 1.14 bits per heavy atom. The molecule has 2 aromatic rings. The van der Waals surface area contributed by atoms with Gasteiger partial charge in [-0.2, -0.15) is 0 Å². The molecule has 2 aliphatic rings. The third-order valence-electron chi connectivity index (χ3n) is 5.21. The van der Waals surface area contributed by atoms with E-state index in [-0.39, 0.29) is 30.3 Å². The van der Waals surface area contributed by atoms with Crippen LogP contribution >= 0.6 is 0 Å². The average molecular weight is 393 g/mol. The Labute approximate surface area is 163 Å². The van der Waals surface area contributed by atoms with Gasteiger partial charge in [0, 0.05) is 29.3 Å². The van der Waals surface area contributed by atoms with Gasteiger partial charge in [0.2, 0.25) is 0 Å². The maximum atomic E-state index is 13.1. The maximum Gasteiger partial charge on any atom is 0.263 e. The number of nitrogen functional groups attached to an aromatic ring is 2. The van der Waals surface area contributed by atoms with Crippen LogP contribution in [0.4, 0.5) is 30.2 Å². The predicted octanol–water partition coefficient (Wildman–Crippen LogP) is 5.40. The first kappa shape index (κ1) is 20.3. The number of alkyl halides is 3. The van der Waals surface area contributed by atoms with Crippen molar-refractivity contribution in [3.8, 4) is 0 Å². The zero-order chi connectivity index (χ0) is 20.3. The second kappa shape index (κ2) is 8.73. The molecule has 2 heterocycles. The molecule has 28 heavy (non-hydrogen) atoms. The third-order valence-corrected chi connectivity index (χ3v) is 5.21. The van der Waals surface area contributed by atoms with E-state index in [9.17, 15) is 13.2 Å². The molecule has 152 valence electrons. The highest BCUT2D eigenvalue weighted by molar-refractivity contribution is 5.65. The van der Waals surface area contributed by atoms with Gasteiger partial charge in [-0.25, -0.2) is 8.78 Å². The summed E-state index contributed by atoms with van der Waals surface area (Å²) in [6, 6.07) is 10.4. The number of nitrogens with two attached hydrogens (primary N) is 2. The fourth-order valence-electron chi connectivity index (χ4n) is 3.94. The number of hydrogen-bond donors (Lipinski definition) is 3. The monoisotopic (exact) mass is 393 g/mol. The Morgan fingerprint density at radius 3 is 2.57 bits per heavy atom. The molecule has 0 amide bonds. The van der Waals surface area contributed by atoms with E-state index in [0.717, 1.165) is 29.7 Å². The maximum absolute atomic E-state index is 13.1. The Hall–Kier alpha value is -2.41. The quantitative estimate of drug-likeness (QED) is 0.598. The fraction of sp³-hybridized carbons (Fsp3) is 0.429. The van der Waals surface area contributed by atoms with Crippen molar-refractivity contribution in [2.75, 3.05) is 30.1 Å². The SMILES string of the molecule is CCF.Nc1ccc([C@@H]2Nc3ccc(C(F)F)cc3C3OCCCC32)cc1N. The van der Waals surface area contributed by atoms with Crippen LogP contribution in [0.2, 0.25) is 0 Å². The lowest BCUT2D eigenvalue weighted by Crippen LogP contribution is -2.36. The smallest absolute Gasteiger partial charge is 0.263 e. The van der Waals surface area contributed by atoms with Crippen molar-refractivity contribution >= 4 is 17.1 Å². The fourth-order valence-corrected chi connectivity index (χ4v) is 3.94. The van der Waals surface area contributed by atoms with E-state index in [1.54, 1.807) is 18.2 Å². The number of anilines is 3. The van der Waals surface area contributed by atoms with E-state index >= 15 is 0 Å². The van der Waals surface area contributed by atoms with Crippen LogP contribution < -0.4 is 16.8 Å². The number of hydrogen-bond acceptors (Lipinski definition) is 4. The minimum Gasteiger partial charge on any atom is -0.397 e. The molecule has 0 aromatic heterocycles. The molecule has 2 aromatic carbocycles. The first-order valence-electron chi connectivity index (χ1n) is 9.47. The van der Waals surface area contributed by atoms with E-state index in [2.05, 4.69) is 5.32 Å². The summed E-state index contributed by atoms with van der Waals surface area (Å²) in [5.74, 6) is 0.164. The van der Waals surface area contributed by atoms with Gasteiger partial charge >= 0.3 is 0 Å². The molecule has 2 aliphatic heterocycles. The summed E-state index contributed by atoms with van der Waals surface area (Å²) >= 11 is 0. The van der Waals surface area contributed by atoms with Crippen LogP contribution in [0.25, 0.3) is 0 Å². The lowest BCUT2D eigenvalue weighted by atomic mass is 9.77. The lowest BCUT2D eigenvalue weighted by Gasteiger charge is -2.43. The van der Waals surface area contributed by atoms with Gasteiger partial charge in [0.25, 0.3) is 6.43 Å². The average Bonchev–Trinajstić information content (AvgIpc) is 2.69. The predicted molar refractivity (Wildman–Crippen MR) is 106 cm³/mol. The molecule has 0 spiro atoms. The summed E-state index contributed by atoms with van der Waals surface area (Å²) in [6.07, 6.45) is -0.757. The number of fused-ring (bicyclic) bond motifs is 3. The zero-order valence-electron chi connectivity index (χ0n) is 15.8. The Bertz CT molecular complexity index is 815. The van der Waals surface area contributed by atoms with Gasteiger partial charge < -0.3 is 21.5 Å². The highest BCUT2D eigenvalue weighted by atomic mass is 19.3. The molecule has 0 bridgehead atoms. The van der Waals surface area contributed by atoms with Crippen molar-refractivity contribution in [3.63, 3.8) is 0 Å². The lowest BCUT2D eigenvalue weighted by molar-refractivity contribution is -0.0382. The van der Waals surface area contributed by atoms with Crippen molar-refractivity contribution in [2.45, 2.75) is 38.3 Å². The van der Waals surface area contributed by atoms with Gasteiger partial charge in [0.1, 0.15) is 0 Å². The third kappa shape index (κ3) is 4.04.